The Balaban J connectivity index is 1.13. The van der Waals surface area contributed by atoms with E-state index in [1.54, 1.807) is 47.4 Å². The summed E-state index contributed by atoms with van der Waals surface area (Å²) in [6.07, 6.45) is 1.95. The number of amides is 2. The Morgan fingerprint density at radius 2 is 1.55 bits per heavy atom. The molecular weight excluding hydrogens is 598 g/mol. The Hall–Kier alpha value is -3.49. The molecule has 9 heteroatoms. The number of piperazine rings is 1. The van der Waals surface area contributed by atoms with Gasteiger partial charge >= 0.3 is 0 Å². The average molecular weight is 634 g/mol. The summed E-state index contributed by atoms with van der Waals surface area (Å²) in [6, 6.07) is 25.6. The zero-order valence-electron chi connectivity index (χ0n) is 24.4. The SMILES string of the molecule is O=C(c1ccc(F)c2ccccc12)N1CCN(C(=O)CNC2CCN(Cc3ccccc3)CC2)C(c2ccc(Cl)c(Cl)c2)C1. The first-order valence-corrected chi connectivity index (χ1v) is 15.8. The molecule has 2 heterocycles. The lowest BCUT2D eigenvalue weighted by Crippen LogP contribution is -2.54. The maximum atomic E-state index is 14.5. The van der Waals surface area contributed by atoms with Crippen molar-refractivity contribution in [3.63, 3.8) is 0 Å². The zero-order chi connectivity index (χ0) is 30.6. The van der Waals surface area contributed by atoms with Crippen molar-refractivity contribution >= 4 is 45.8 Å². The highest BCUT2D eigenvalue weighted by Crippen LogP contribution is 2.32. The Kier molecular flexibility index (Phi) is 9.47. The van der Waals surface area contributed by atoms with E-state index >= 15 is 0 Å². The monoisotopic (exact) mass is 632 g/mol. The number of hydrogen-bond donors (Lipinski definition) is 1. The van der Waals surface area contributed by atoms with E-state index < -0.39 is 6.04 Å². The summed E-state index contributed by atoms with van der Waals surface area (Å²) in [5.41, 5.74) is 2.56. The fraction of sp³-hybridized carbons (Fsp3) is 0.314. The highest BCUT2D eigenvalue weighted by atomic mass is 35.5. The molecule has 0 spiro atoms. The summed E-state index contributed by atoms with van der Waals surface area (Å²) >= 11 is 12.6. The number of carbonyl (C=O) groups excluding carboxylic acids is 2. The Morgan fingerprint density at radius 3 is 2.30 bits per heavy atom. The van der Waals surface area contributed by atoms with E-state index in [4.69, 9.17) is 23.2 Å². The lowest BCUT2D eigenvalue weighted by Gasteiger charge is -2.42. The van der Waals surface area contributed by atoms with Crippen LogP contribution in [-0.2, 0) is 11.3 Å². The van der Waals surface area contributed by atoms with E-state index in [1.165, 1.54) is 11.6 Å². The van der Waals surface area contributed by atoms with Crippen LogP contribution in [0.3, 0.4) is 0 Å². The van der Waals surface area contributed by atoms with Gasteiger partial charge in [0.2, 0.25) is 5.91 Å². The topological polar surface area (TPSA) is 55.9 Å². The molecule has 44 heavy (non-hydrogen) atoms. The van der Waals surface area contributed by atoms with E-state index in [9.17, 15) is 14.0 Å². The smallest absolute Gasteiger partial charge is 0.254 e. The van der Waals surface area contributed by atoms with Crippen molar-refractivity contribution in [2.24, 2.45) is 0 Å². The van der Waals surface area contributed by atoms with Crippen LogP contribution in [0.5, 0.6) is 0 Å². The largest absolute Gasteiger partial charge is 0.334 e. The van der Waals surface area contributed by atoms with Crippen molar-refractivity contribution in [2.45, 2.75) is 31.5 Å². The van der Waals surface area contributed by atoms with Gasteiger partial charge in [-0.15, -0.1) is 0 Å². The fourth-order valence-corrected chi connectivity index (χ4v) is 6.67. The summed E-state index contributed by atoms with van der Waals surface area (Å²) in [6.45, 7) is 4.13. The van der Waals surface area contributed by atoms with Crippen LogP contribution in [0.2, 0.25) is 10.0 Å². The summed E-state index contributed by atoms with van der Waals surface area (Å²) in [5, 5.41) is 5.30. The van der Waals surface area contributed by atoms with Crippen LogP contribution < -0.4 is 5.32 Å². The van der Waals surface area contributed by atoms with E-state index in [2.05, 4.69) is 34.5 Å². The molecule has 0 radical (unpaired) electrons. The molecule has 2 amide bonds. The summed E-state index contributed by atoms with van der Waals surface area (Å²) in [4.78, 5) is 33.5. The molecule has 0 aliphatic carbocycles. The first kappa shape index (κ1) is 30.5. The molecule has 1 atom stereocenters. The minimum atomic E-state index is -0.406. The third kappa shape index (κ3) is 6.76. The molecule has 6 nitrogen and oxygen atoms in total. The molecular formula is C35H35Cl2FN4O2. The maximum Gasteiger partial charge on any atom is 0.254 e. The van der Waals surface area contributed by atoms with Crippen LogP contribution in [0.25, 0.3) is 10.8 Å². The first-order chi connectivity index (χ1) is 21.4. The van der Waals surface area contributed by atoms with Crippen LogP contribution in [0, 0.1) is 5.82 Å². The highest BCUT2D eigenvalue weighted by Gasteiger charge is 2.35. The second-order valence-electron chi connectivity index (χ2n) is 11.6. The summed E-state index contributed by atoms with van der Waals surface area (Å²) < 4.78 is 14.5. The van der Waals surface area contributed by atoms with E-state index in [0.717, 1.165) is 38.0 Å². The molecule has 6 rings (SSSR count). The lowest BCUT2D eigenvalue weighted by molar-refractivity contribution is -0.135. The molecule has 0 aromatic heterocycles. The van der Waals surface area contributed by atoms with Crippen molar-refractivity contribution in [2.75, 3.05) is 39.3 Å². The minimum Gasteiger partial charge on any atom is -0.334 e. The number of benzene rings is 4. The van der Waals surface area contributed by atoms with E-state index in [1.807, 2.05) is 17.0 Å². The molecule has 0 saturated carbocycles. The third-order valence-electron chi connectivity index (χ3n) is 8.80. The molecule has 1 unspecified atom stereocenters. The molecule has 2 aliphatic heterocycles. The molecule has 4 aromatic carbocycles. The number of nitrogens with zero attached hydrogens (tertiary/aromatic N) is 3. The molecule has 4 aromatic rings. The number of hydrogen-bond acceptors (Lipinski definition) is 4. The highest BCUT2D eigenvalue weighted by molar-refractivity contribution is 6.42. The van der Waals surface area contributed by atoms with Gasteiger partial charge in [0.15, 0.2) is 0 Å². The van der Waals surface area contributed by atoms with Gasteiger partial charge in [0.1, 0.15) is 5.82 Å². The average Bonchev–Trinajstić information content (AvgIpc) is 3.06. The zero-order valence-corrected chi connectivity index (χ0v) is 25.9. The van der Waals surface area contributed by atoms with Gasteiger partial charge in [-0.1, -0.05) is 83.9 Å². The second-order valence-corrected chi connectivity index (χ2v) is 12.4. The van der Waals surface area contributed by atoms with Crippen LogP contribution in [0.4, 0.5) is 4.39 Å². The van der Waals surface area contributed by atoms with Crippen molar-refractivity contribution in [3.05, 3.63) is 117 Å². The normalized spacial score (nSPS) is 18.1. The Bertz CT molecular complexity index is 1640. The van der Waals surface area contributed by atoms with Gasteiger partial charge in [-0.05, 0) is 66.7 Å². The van der Waals surface area contributed by atoms with Gasteiger partial charge in [0.05, 0.1) is 22.6 Å². The van der Waals surface area contributed by atoms with Gasteiger partial charge in [-0.3, -0.25) is 14.5 Å². The maximum absolute atomic E-state index is 14.5. The van der Waals surface area contributed by atoms with Crippen LogP contribution in [0.1, 0.15) is 40.4 Å². The lowest BCUT2D eigenvalue weighted by atomic mass is 9.99. The Labute approximate surface area is 267 Å². The predicted molar refractivity (Wildman–Crippen MR) is 173 cm³/mol. The molecule has 228 valence electrons. The molecule has 0 bridgehead atoms. The van der Waals surface area contributed by atoms with Crippen LogP contribution in [-0.4, -0.2) is 71.8 Å². The van der Waals surface area contributed by atoms with Gasteiger partial charge in [-0.25, -0.2) is 4.39 Å². The molecule has 2 aliphatic rings. The van der Waals surface area contributed by atoms with E-state index in [0.29, 0.717) is 39.5 Å². The number of rotatable bonds is 7. The van der Waals surface area contributed by atoms with Crippen molar-refractivity contribution in [3.8, 4) is 0 Å². The van der Waals surface area contributed by atoms with Crippen molar-refractivity contribution in [1.82, 2.24) is 20.0 Å². The molecule has 2 saturated heterocycles. The number of carbonyl (C=O) groups is 2. The van der Waals surface area contributed by atoms with Gasteiger partial charge in [0, 0.05) is 43.2 Å². The second kappa shape index (κ2) is 13.7. The van der Waals surface area contributed by atoms with Gasteiger partial charge < -0.3 is 15.1 Å². The minimum absolute atomic E-state index is 0.0212. The first-order valence-electron chi connectivity index (χ1n) is 15.1. The standard InChI is InChI=1S/C35H35Cl2FN4O2/c36-30-12-10-25(20-31(30)37)33-23-41(35(44)29-11-13-32(38)28-9-5-4-8-27(28)29)18-19-42(33)34(43)21-39-26-14-16-40(17-15-26)22-24-6-2-1-3-7-24/h1-13,20,26,33,39H,14-19,21-23H2. The van der Waals surface area contributed by atoms with Crippen LogP contribution >= 0.6 is 23.2 Å². The molecule has 2 fully saturated rings. The number of likely N-dealkylation sites (tertiary alicyclic amines) is 1. The molecule has 1 N–H and O–H groups in total. The van der Waals surface area contributed by atoms with Gasteiger partial charge in [0.25, 0.3) is 5.91 Å². The predicted octanol–water partition coefficient (Wildman–Crippen LogP) is 6.57. The van der Waals surface area contributed by atoms with Crippen molar-refractivity contribution < 1.29 is 14.0 Å². The quantitative estimate of drug-likeness (QED) is 0.251. The number of piperidine rings is 1. The van der Waals surface area contributed by atoms with E-state index in [-0.39, 0.29) is 36.8 Å². The summed E-state index contributed by atoms with van der Waals surface area (Å²) in [5.74, 6) is -0.582. The third-order valence-corrected chi connectivity index (χ3v) is 9.54. The number of fused-ring (bicyclic) bond motifs is 1. The number of halogens is 3. The summed E-state index contributed by atoms with van der Waals surface area (Å²) in [7, 11) is 0. The number of nitrogens with one attached hydrogen (secondary N) is 1. The van der Waals surface area contributed by atoms with Crippen molar-refractivity contribution in [1.29, 1.82) is 0 Å². The fourth-order valence-electron chi connectivity index (χ4n) is 6.36. The Morgan fingerprint density at radius 1 is 0.818 bits per heavy atom. The van der Waals surface area contributed by atoms with Crippen LogP contribution in [0.15, 0.2) is 84.9 Å². The van der Waals surface area contributed by atoms with Gasteiger partial charge in [-0.2, -0.15) is 0 Å².